The van der Waals surface area contributed by atoms with Gasteiger partial charge in [0.1, 0.15) is 6.54 Å². The molecule has 0 aliphatic heterocycles. The molecule has 0 atom stereocenters. The van der Waals surface area contributed by atoms with Gasteiger partial charge in [-0.3, -0.25) is 14.3 Å². The van der Waals surface area contributed by atoms with E-state index in [2.05, 4.69) is 10.3 Å². The van der Waals surface area contributed by atoms with Crippen molar-refractivity contribution in [2.75, 3.05) is 0 Å². The lowest BCUT2D eigenvalue weighted by Crippen LogP contribution is -2.30. The van der Waals surface area contributed by atoms with E-state index in [9.17, 15) is 9.59 Å². The van der Waals surface area contributed by atoms with Crippen molar-refractivity contribution in [1.82, 2.24) is 14.9 Å². The Morgan fingerprint density at radius 2 is 2.08 bits per heavy atom. The minimum Gasteiger partial charge on any atom is -0.408 e. The highest BCUT2D eigenvalue weighted by molar-refractivity contribution is 7.13. The minimum atomic E-state index is -0.539. The maximum absolute atomic E-state index is 12.3. The molecular weight excluding hydrogens is 350 g/mol. The van der Waals surface area contributed by atoms with Gasteiger partial charge < -0.3 is 9.73 Å². The van der Waals surface area contributed by atoms with Crippen LogP contribution in [0.15, 0.2) is 69.5 Å². The number of pyridine rings is 1. The summed E-state index contributed by atoms with van der Waals surface area (Å²) in [5.74, 6) is -0.803. The normalized spacial score (nSPS) is 10.9. The second-order valence-electron chi connectivity index (χ2n) is 5.76. The molecule has 3 heterocycles. The summed E-state index contributed by atoms with van der Waals surface area (Å²) in [6.45, 7) is 0.253. The van der Waals surface area contributed by atoms with Crippen LogP contribution in [0.1, 0.15) is 5.56 Å². The summed E-state index contributed by atoms with van der Waals surface area (Å²) in [7, 11) is 0. The molecule has 0 unspecified atom stereocenters. The number of nitrogens with one attached hydrogen (secondary N) is 1. The van der Waals surface area contributed by atoms with E-state index in [0.717, 1.165) is 16.0 Å². The number of amides is 1. The van der Waals surface area contributed by atoms with Crippen molar-refractivity contribution in [3.05, 3.63) is 76.4 Å². The van der Waals surface area contributed by atoms with E-state index in [4.69, 9.17) is 4.42 Å². The van der Waals surface area contributed by atoms with Crippen LogP contribution in [0.4, 0.5) is 0 Å². The van der Waals surface area contributed by atoms with Gasteiger partial charge >= 0.3 is 5.76 Å². The van der Waals surface area contributed by atoms with Crippen molar-refractivity contribution in [1.29, 1.82) is 0 Å². The minimum absolute atomic E-state index is 0.0894. The van der Waals surface area contributed by atoms with Crippen LogP contribution in [0.5, 0.6) is 0 Å². The highest BCUT2D eigenvalue weighted by Crippen LogP contribution is 2.24. The lowest BCUT2D eigenvalue weighted by Gasteiger charge is -2.07. The van der Waals surface area contributed by atoms with Crippen molar-refractivity contribution in [3.8, 4) is 10.4 Å². The summed E-state index contributed by atoms with van der Waals surface area (Å²) in [5, 5.41) is 4.84. The zero-order chi connectivity index (χ0) is 17.9. The molecule has 4 rings (SSSR count). The molecule has 26 heavy (non-hydrogen) atoms. The average molecular weight is 365 g/mol. The third kappa shape index (κ3) is 3.29. The Morgan fingerprint density at radius 3 is 2.92 bits per heavy atom. The summed E-state index contributed by atoms with van der Waals surface area (Å²) in [4.78, 5) is 29.6. The van der Waals surface area contributed by atoms with Gasteiger partial charge in [0.15, 0.2) is 5.58 Å². The molecule has 6 nitrogen and oxygen atoms in total. The Morgan fingerprint density at radius 1 is 1.19 bits per heavy atom. The summed E-state index contributed by atoms with van der Waals surface area (Å²) in [6, 6.07) is 13.0. The first-order valence-electron chi connectivity index (χ1n) is 8.03. The van der Waals surface area contributed by atoms with Gasteiger partial charge in [-0.05, 0) is 35.2 Å². The number of aromatic nitrogens is 2. The van der Waals surface area contributed by atoms with Gasteiger partial charge in [-0.1, -0.05) is 18.2 Å². The van der Waals surface area contributed by atoms with Gasteiger partial charge in [-0.15, -0.1) is 11.3 Å². The van der Waals surface area contributed by atoms with Crippen molar-refractivity contribution >= 4 is 28.3 Å². The first-order valence-corrected chi connectivity index (χ1v) is 8.91. The maximum atomic E-state index is 12.3. The lowest BCUT2D eigenvalue weighted by atomic mass is 10.2. The highest BCUT2D eigenvalue weighted by Gasteiger charge is 2.12. The number of benzene rings is 1. The molecule has 7 heteroatoms. The number of oxazole rings is 1. The number of para-hydroxylation sites is 2. The van der Waals surface area contributed by atoms with Gasteiger partial charge in [-0.2, -0.15) is 0 Å². The Labute approximate surface area is 152 Å². The van der Waals surface area contributed by atoms with Crippen molar-refractivity contribution < 1.29 is 9.21 Å². The maximum Gasteiger partial charge on any atom is 0.420 e. The molecule has 130 valence electrons. The number of rotatable bonds is 5. The van der Waals surface area contributed by atoms with Crippen LogP contribution in [0.2, 0.25) is 0 Å². The largest absolute Gasteiger partial charge is 0.420 e. The number of hydrogen-bond donors (Lipinski definition) is 1. The summed E-state index contributed by atoms with van der Waals surface area (Å²) in [5.41, 5.74) is 2.99. The number of fused-ring (bicyclic) bond motifs is 1. The Balaban J connectivity index is 1.45. The molecule has 0 aliphatic rings. The fraction of sp³-hybridized carbons (Fsp3) is 0.105. The molecule has 0 radical (unpaired) electrons. The molecule has 1 aromatic carbocycles. The van der Waals surface area contributed by atoms with Gasteiger partial charge in [0.2, 0.25) is 5.91 Å². The number of nitrogens with zero attached hydrogens (tertiary/aromatic N) is 2. The van der Waals surface area contributed by atoms with E-state index < -0.39 is 5.76 Å². The van der Waals surface area contributed by atoms with E-state index in [0.29, 0.717) is 17.6 Å². The topological polar surface area (TPSA) is 77.1 Å². The smallest absolute Gasteiger partial charge is 0.408 e. The van der Waals surface area contributed by atoms with Crippen molar-refractivity contribution in [2.24, 2.45) is 0 Å². The second-order valence-corrected chi connectivity index (χ2v) is 6.71. The van der Waals surface area contributed by atoms with Crippen LogP contribution in [0.3, 0.4) is 0 Å². The van der Waals surface area contributed by atoms with E-state index in [1.807, 2.05) is 23.6 Å². The monoisotopic (exact) mass is 365 g/mol. The van der Waals surface area contributed by atoms with E-state index in [1.54, 1.807) is 48.0 Å². The van der Waals surface area contributed by atoms with E-state index >= 15 is 0 Å². The number of hydrogen-bond acceptors (Lipinski definition) is 5. The van der Waals surface area contributed by atoms with Crippen molar-refractivity contribution in [3.63, 3.8) is 0 Å². The second kappa shape index (κ2) is 6.97. The summed E-state index contributed by atoms with van der Waals surface area (Å²) < 4.78 is 6.46. The number of carbonyl (C=O) groups excluding carboxylic acids is 1. The molecule has 0 aliphatic carbocycles. The summed E-state index contributed by atoms with van der Waals surface area (Å²) in [6.07, 6.45) is 3.52. The molecule has 0 saturated heterocycles. The third-order valence-corrected chi connectivity index (χ3v) is 4.88. The van der Waals surface area contributed by atoms with Crippen LogP contribution in [0.25, 0.3) is 21.5 Å². The molecule has 0 spiro atoms. The van der Waals surface area contributed by atoms with Crippen LogP contribution < -0.4 is 11.1 Å². The molecule has 1 amide bonds. The lowest BCUT2D eigenvalue weighted by molar-refractivity contribution is -0.121. The SMILES string of the molecule is O=C(Cn1c(=O)oc2ccccc21)NCc1cncc(-c2cccs2)c1. The van der Waals surface area contributed by atoms with Crippen LogP contribution in [-0.4, -0.2) is 15.5 Å². The molecule has 4 aromatic rings. The van der Waals surface area contributed by atoms with Crippen LogP contribution >= 0.6 is 11.3 Å². The summed E-state index contributed by atoms with van der Waals surface area (Å²) >= 11 is 1.64. The van der Waals surface area contributed by atoms with Crippen LogP contribution in [0, 0.1) is 0 Å². The first-order chi connectivity index (χ1) is 12.7. The molecule has 0 bridgehead atoms. The standard InChI is InChI=1S/C19H15N3O3S/c23-18(12-22-15-4-1-2-5-16(15)25-19(22)24)21-10-13-8-14(11-20-9-13)17-6-3-7-26-17/h1-9,11H,10,12H2,(H,21,23). The first kappa shape index (κ1) is 16.3. The predicted molar refractivity (Wildman–Crippen MR) is 99.9 cm³/mol. The molecule has 3 aromatic heterocycles. The molecule has 1 N–H and O–H groups in total. The van der Waals surface area contributed by atoms with Crippen molar-refractivity contribution in [2.45, 2.75) is 13.1 Å². The molecule has 0 saturated carbocycles. The van der Waals surface area contributed by atoms with Gasteiger partial charge in [0.05, 0.1) is 5.52 Å². The zero-order valence-electron chi connectivity index (χ0n) is 13.7. The fourth-order valence-electron chi connectivity index (χ4n) is 2.73. The molecular formula is C19H15N3O3S. The Kier molecular flexibility index (Phi) is 4.37. The van der Waals surface area contributed by atoms with E-state index in [1.165, 1.54) is 4.57 Å². The van der Waals surface area contributed by atoms with Crippen LogP contribution in [-0.2, 0) is 17.9 Å². The highest BCUT2D eigenvalue weighted by atomic mass is 32.1. The zero-order valence-corrected chi connectivity index (χ0v) is 14.5. The van der Waals surface area contributed by atoms with Gasteiger partial charge in [-0.25, -0.2) is 4.79 Å². The number of carbonyl (C=O) groups is 1. The van der Waals surface area contributed by atoms with Gasteiger partial charge in [0, 0.05) is 29.4 Å². The Bertz CT molecular complexity index is 1110. The predicted octanol–water partition coefficient (Wildman–Crippen LogP) is 3.03. The third-order valence-electron chi connectivity index (χ3n) is 3.97. The number of thiophene rings is 1. The average Bonchev–Trinajstić information content (AvgIpc) is 3.29. The Hall–Kier alpha value is -3.19. The van der Waals surface area contributed by atoms with E-state index in [-0.39, 0.29) is 12.5 Å². The quantitative estimate of drug-likeness (QED) is 0.590. The fourth-order valence-corrected chi connectivity index (χ4v) is 3.43. The molecule has 0 fully saturated rings. The van der Waals surface area contributed by atoms with Gasteiger partial charge in [0.25, 0.3) is 0 Å².